The van der Waals surface area contributed by atoms with Crippen LogP contribution in [0.15, 0.2) is 23.1 Å². The zero-order valence-corrected chi connectivity index (χ0v) is 13.1. The summed E-state index contributed by atoms with van der Waals surface area (Å²) < 4.78 is 32.1. The second-order valence-electron chi connectivity index (χ2n) is 4.94. The number of halogens is 1. The van der Waals surface area contributed by atoms with Gasteiger partial charge in [0.25, 0.3) is 5.69 Å². The number of nitrogens with zero attached hydrogens (tertiary/aromatic N) is 2. The van der Waals surface area contributed by atoms with Crippen LogP contribution in [0, 0.1) is 10.1 Å². The van der Waals surface area contributed by atoms with E-state index in [9.17, 15) is 18.5 Å². The van der Waals surface area contributed by atoms with Crippen molar-refractivity contribution in [3.63, 3.8) is 0 Å². The van der Waals surface area contributed by atoms with Crippen LogP contribution in [0.25, 0.3) is 0 Å². The molecule has 0 saturated carbocycles. The first-order valence-corrected chi connectivity index (χ1v) is 8.12. The standard InChI is InChI=1S/C12H15ClN2O5S/c1-8-7-20-9(2)6-14(8)21(18,19)12-5-10(15(16)17)3-4-11(12)13/h3-5,8-9H,6-7H2,1-2H3. The lowest BCUT2D eigenvalue weighted by Crippen LogP contribution is -2.50. The normalized spacial score (nSPS) is 24.0. The maximum absolute atomic E-state index is 12.7. The van der Waals surface area contributed by atoms with Gasteiger partial charge in [-0.15, -0.1) is 0 Å². The zero-order chi connectivity index (χ0) is 15.8. The molecule has 1 saturated heterocycles. The smallest absolute Gasteiger partial charge is 0.270 e. The van der Waals surface area contributed by atoms with Crippen molar-refractivity contribution in [2.75, 3.05) is 13.2 Å². The highest BCUT2D eigenvalue weighted by Crippen LogP contribution is 2.30. The maximum Gasteiger partial charge on any atom is 0.270 e. The van der Waals surface area contributed by atoms with Crippen molar-refractivity contribution in [2.24, 2.45) is 0 Å². The van der Waals surface area contributed by atoms with Gasteiger partial charge in [0.05, 0.1) is 22.7 Å². The Kier molecular flexibility index (Phi) is 4.52. The summed E-state index contributed by atoms with van der Waals surface area (Å²) in [6.45, 7) is 3.94. The molecule has 1 heterocycles. The summed E-state index contributed by atoms with van der Waals surface area (Å²) in [5.41, 5.74) is -0.313. The van der Waals surface area contributed by atoms with Gasteiger partial charge in [-0.3, -0.25) is 10.1 Å². The van der Waals surface area contributed by atoms with Crippen LogP contribution < -0.4 is 0 Å². The number of benzene rings is 1. The maximum atomic E-state index is 12.7. The molecule has 9 heteroatoms. The topological polar surface area (TPSA) is 89.8 Å². The minimum atomic E-state index is -3.91. The van der Waals surface area contributed by atoms with Gasteiger partial charge in [-0.05, 0) is 19.9 Å². The fourth-order valence-corrected chi connectivity index (χ4v) is 4.33. The summed E-state index contributed by atoms with van der Waals surface area (Å²) in [4.78, 5) is 9.92. The second kappa shape index (κ2) is 5.88. The molecule has 1 aliphatic heterocycles. The lowest BCUT2D eigenvalue weighted by atomic mass is 10.2. The number of morpholine rings is 1. The van der Waals surface area contributed by atoms with Crippen molar-refractivity contribution in [2.45, 2.75) is 30.9 Å². The van der Waals surface area contributed by atoms with Crippen molar-refractivity contribution < 1.29 is 18.1 Å². The van der Waals surface area contributed by atoms with Crippen molar-refractivity contribution in [3.05, 3.63) is 33.3 Å². The molecular formula is C12H15ClN2O5S. The summed E-state index contributed by atoms with van der Waals surface area (Å²) in [7, 11) is -3.91. The van der Waals surface area contributed by atoms with E-state index >= 15 is 0 Å². The fourth-order valence-electron chi connectivity index (χ4n) is 2.14. The van der Waals surface area contributed by atoms with E-state index in [2.05, 4.69) is 0 Å². The Morgan fingerprint density at radius 2 is 2.10 bits per heavy atom. The molecule has 0 amide bonds. The first-order valence-electron chi connectivity index (χ1n) is 6.31. The van der Waals surface area contributed by atoms with Crippen molar-refractivity contribution in [3.8, 4) is 0 Å². The van der Waals surface area contributed by atoms with Crippen LogP contribution in [0.4, 0.5) is 5.69 Å². The molecule has 7 nitrogen and oxygen atoms in total. The van der Waals surface area contributed by atoms with Gasteiger partial charge in [0.15, 0.2) is 0 Å². The quantitative estimate of drug-likeness (QED) is 0.623. The van der Waals surface area contributed by atoms with Gasteiger partial charge in [-0.1, -0.05) is 11.6 Å². The van der Waals surface area contributed by atoms with Gasteiger partial charge in [0, 0.05) is 24.7 Å². The molecule has 116 valence electrons. The molecule has 1 aromatic rings. The highest BCUT2D eigenvalue weighted by Gasteiger charge is 2.36. The highest BCUT2D eigenvalue weighted by molar-refractivity contribution is 7.89. The molecule has 0 N–H and O–H groups in total. The van der Waals surface area contributed by atoms with Crippen LogP contribution >= 0.6 is 11.6 Å². The predicted molar refractivity (Wildman–Crippen MR) is 76.9 cm³/mol. The first kappa shape index (κ1) is 16.2. The lowest BCUT2D eigenvalue weighted by Gasteiger charge is -2.35. The summed E-state index contributed by atoms with van der Waals surface area (Å²) in [5, 5.41) is 10.8. The lowest BCUT2D eigenvalue weighted by molar-refractivity contribution is -0.385. The Morgan fingerprint density at radius 3 is 2.71 bits per heavy atom. The average molecular weight is 335 g/mol. The molecular weight excluding hydrogens is 320 g/mol. The largest absolute Gasteiger partial charge is 0.375 e. The van der Waals surface area contributed by atoms with E-state index in [1.165, 1.54) is 16.4 Å². The molecule has 0 bridgehead atoms. The number of ether oxygens (including phenoxy) is 1. The van der Waals surface area contributed by atoms with Gasteiger partial charge >= 0.3 is 0 Å². The summed E-state index contributed by atoms with van der Waals surface area (Å²) in [5.74, 6) is 0. The average Bonchev–Trinajstić information content (AvgIpc) is 2.41. The zero-order valence-electron chi connectivity index (χ0n) is 11.5. The number of hydrogen-bond acceptors (Lipinski definition) is 5. The monoisotopic (exact) mass is 334 g/mol. The van der Waals surface area contributed by atoms with Crippen molar-refractivity contribution in [1.29, 1.82) is 0 Å². The van der Waals surface area contributed by atoms with Gasteiger partial charge < -0.3 is 4.74 Å². The third-order valence-electron chi connectivity index (χ3n) is 3.26. The van der Waals surface area contributed by atoms with E-state index < -0.39 is 14.9 Å². The molecule has 0 aromatic heterocycles. The molecule has 2 atom stereocenters. The third kappa shape index (κ3) is 3.18. The Labute approximate surface area is 127 Å². The van der Waals surface area contributed by atoms with Crippen molar-refractivity contribution in [1.82, 2.24) is 4.31 Å². The molecule has 1 fully saturated rings. The Bertz CT molecular complexity index is 664. The van der Waals surface area contributed by atoms with Crippen LogP contribution in [0.1, 0.15) is 13.8 Å². The molecule has 0 aliphatic carbocycles. The minimum absolute atomic E-state index is 0.0352. The Morgan fingerprint density at radius 1 is 1.43 bits per heavy atom. The summed E-state index contributed by atoms with van der Waals surface area (Å²) >= 11 is 5.93. The minimum Gasteiger partial charge on any atom is -0.375 e. The first-order chi connectivity index (χ1) is 9.73. The van der Waals surface area contributed by atoms with Crippen LogP contribution in [-0.2, 0) is 14.8 Å². The Balaban J connectivity index is 2.48. The van der Waals surface area contributed by atoms with E-state index in [0.29, 0.717) is 0 Å². The van der Waals surface area contributed by atoms with Crippen LogP contribution in [0.5, 0.6) is 0 Å². The Hall–Kier alpha value is -1.22. The molecule has 0 radical (unpaired) electrons. The van der Waals surface area contributed by atoms with E-state index in [1.807, 2.05) is 0 Å². The summed E-state index contributed by atoms with van der Waals surface area (Å²) in [6, 6.07) is 3.03. The van der Waals surface area contributed by atoms with Gasteiger partial charge in [-0.2, -0.15) is 4.31 Å². The van der Waals surface area contributed by atoms with Gasteiger partial charge in [0.2, 0.25) is 10.0 Å². The second-order valence-corrected chi connectivity index (χ2v) is 7.21. The fraction of sp³-hybridized carbons (Fsp3) is 0.500. The molecule has 21 heavy (non-hydrogen) atoms. The van der Waals surface area contributed by atoms with E-state index in [4.69, 9.17) is 16.3 Å². The molecule has 0 spiro atoms. The third-order valence-corrected chi connectivity index (χ3v) is 5.72. The van der Waals surface area contributed by atoms with Crippen LogP contribution in [0.2, 0.25) is 5.02 Å². The van der Waals surface area contributed by atoms with Gasteiger partial charge in [0.1, 0.15) is 4.90 Å². The van der Waals surface area contributed by atoms with Crippen LogP contribution in [-0.4, -0.2) is 42.9 Å². The number of hydrogen-bond donors (Lipinski definition) is 0. The number of sulfonamides is 1. The van der Waals surface area contributed by atoms with E-state index in [-0.39, 0.29) is 40.9 Å². The van der Waals surface area contributed by atoms with E-state index in [1.54, 1.807) is 13.8 Å². The van der Waals surface area contributed by atoms with Crippen LogP contribution in [0.3, 0.4) is 0 Å². The molecule has 2 rings (SSSR count). The SMILES string of the molecule is CC1CN(S(=O)(=O)c2cc([N+](=O)[O-])ccc2Cl)C(C)CO1. The van der Waals surface area contributed by atoms with Gasteiger partial charge in [-0.25, -0.2) is 8.42 Å². The van der Waals surface area contributed by atoms with Crippen molar-refractivity contribution >= 4 is 27.3 Å². The number of nitro benzene ring substituents is 1. The molecule has 1 aliphatic rings. The van der Waals surface area contributed by atoms with E-state index in [0.717, 1.165) is 6.07 Å². The number of nitro groups is 1. The molecule has 2 unspecified atom stereocenters. The molecule has 1 aromatic carbocycles. The summed E-state index contributed by atoms with van der Waals surface area (Å²) in [6.07, 6.45) is -0.242. The number of non-ortho nitro benzene ring substituents is 1. The predicted octanol–water partition coefficient (Wildman–Crippen LogP) is 2.05. The number of rotatable bonds is 3. The highest BCUT2D eigenvalue weighted by atomic mass is 35.5.